The first-order valence-electron chi connectivity index (χ1n) is 7.65. The van der Waals surface area contributed by atoms with Gasteiger partial charge in [0.1, 0.15) is 17.9 Å². The predicted molar refractivity (Wildman–Crippen MR) is 88.0 cm³/mol. The lowest BCUT2D eigenvalue weighted by Crippen LogP contribution is -2.15. The SMILES string of the molecule is Cn1cnc2cc(C(=O)OC[C@@H](C#N)Cc3ccc(F)cc3)cnc21. The van der Waals surface area contributed by atoms with Crippen LogP contribution in [-0.4, -0.2) is 27.1 Å². The summed E-state index contributed by atoms with van der Waals surface area (Å²) in [4.78, 5) is 20.5. The van der Waals surface area contributed by atoms with E-state index in [9.17, 15) is 14.4 Å². The average molecular weight is 338 g/mol. The van der Waals surface area contributed by atoms with Gasteiger partial charge in [-0.25, -0.2) is 19.2 Å². The van der Waals surface area contributed by atoms with Crippen molar-refractivity contribution in [3.05, 3.63) is 59.8 Å². The summed E-state index contributed by atoms with van der Waals surface area (Å²) in [7, 11) is 1.81. The molecule has 3 rings (SSSR count). The molecule has 6 nitrogen and oxygen atoms in total. The maximum absolute atomic E-state index is 12.9. The molecule has 0 aliphatic heterocycles. The van der Waals surface area contributed by atoms with Crippen molar-refractivity contribution in [3.8, 4) is 6.07 Å². The molecular formula is C18H15FN4O2. The Morgan fingerprint density at radius 1 is 1.36 bits per heavy atom. The van der Waals surface area contributed by atoms with E-state index in [-0.39, 0.29) is 18.0 Å². The Kier molecular flexibility index (Phi) is 4.70. The fourth-order valence-electron chi connectivity index (χ4n) is 2.43. The van der Waals surface area contributed by atoms with Crippen molar-refractivity contribution < 1.29 is 13.9 Å². The number of nitrogens with zero attached hydrogens (tertiary/aromatic N) is 4. The number of fused-ring (bicyclic) bond motifs is 1. The molecule has 7 heteroatoms. The number of ether oxygens (including phenoxy) is 1. The minimum absolute atomic E-state index is 0.0486. The lowest BCUT2D eigenvalue weighted by atomic mass is 10.0. The number of halogens is 1. The standard InChI is InChI=1S/C18H15FN4O2/c1-23-11-22-16-7-14(9-21-17(16)23)18(24)25-10-13(8-20)6-12-2-4-15(19)5-3-12/h2-5,7,9,11,13H,6,10H2,1H3/t13-/m1/s1. The highest BCUT2D eigenvalue weighted by Gasteiger charge is 2.15. The monoisotopic (exact) mass is 338 g/mol. The number of benzene rings is 1. The van der Waals surface area contributed by atoms with Crippen molar-refractivity contribution in [3.63, 3.8) is 0 Å². The molecule has 1 atom stereocenters. The Balaban J connectivity index is 1.63. The van der Waals surface area contributed by atoms with Gasteiger partial charge in [0.2, 0.25) is 0 Å². The van der Waals surface area contributed by atoms with Crippen LogP contribution in [0, 0.1) is 23.1 Å². The Labute approximate surface area is 143 Å². The molecule has 0 saturated heterocycles. The van der Waals surface area contributed by atoms with Crippen LogP contribution < -0.4 is 0 Å². The first-order valence-corrected chi connectivity index (χ1v) is 7.65. The third kappa shape index (κ3) is 3.80. The predicted octanol–water partition coefficient (Wildman–Crippen LogP) is 2.65. The van der Waals surface area contributed by atoms with E-state index in [4.69, 9.17) is 4.74 Å². The number of nitriles is 1. The minimum atomic E-state index is -0.556. The number of aromatic nitrogens is 3. The van der Waals surface area contributed by atoms with Gasteiger partial charge in [0.05, 0.1) is 23.9 Å². The number of carbonyl (C=O) groups excluding carboxylic acids is 1. The smallest absolute Gasteiger partial charge is 0.339 e. The van der Waals surface area contributed by atoms with Gasteiger partial charge >= 0.3 is 5.97 Å². The molecule has 2 aromatic heterocycles. The Morgan fingerprint density at radius 3 is 2.84 bits per heavy atom. The van der Waals surface area contributed by atoms with E-state index in [1.807, 2.05) is 7.05 Å². The van der Waals surface area contributed by atoms with Gasteiger partial charge in [0, 0.05) is 13.2 Å². The van der Waals surface area contributed by atoms with Crippen molar-refractivity contribution in [2.45, 2.75) is 6.42 Å². The number of hydrogen-bond acceptors (Lipinski definition) is 5. The van der Waals surface area contributed by atoms with Crippen molar-refractivity contribution >= 4 is 17.1 Å². The number of rotatable bonds is 5. The molecule has 2 heterocycles. The number of pyridine rings is 1. The third-order valence-corrected chi connectivity index (χ3v) is 3.78. The second-order valence-corrected chi connectivity index (χ2v) is 5.68. The molecule has 0 N–H and O–H groups in total. The van der Waals surface area contributed by atoms with Crippen LogP contribution in [-0.2, 0) is 18.2 Å². The lowest BCUT2D eigenvalue weighted by Gasteiger charge is -2.10. The molecule has 0 radical (unpaired) electrons. The lowest BCUT2D eigenvalue weighted by molar-refractivity contribution is 0.0468. The first kappa shape index (κ1) is 16.6. The van der Waals surface area contributed by atoms with Crippen LogP contribution in [0.15, 0.2) is 42.9 Å². The van der Waals surface area contributed by atoms with Gasteiger partial charge in [-0.2, -0.15) is 5.26 Å². The Hall–Kier alpha value is -3.27. The molecule has 3 aromatic rings. The molecule has 25 heavy (non-hydrogen) atoms. The topological polar surface area (TPSA) is 80.8 Å². The van der Waals surface area contributed by atoms with E-state index >= 15 is 0 Å². The molecule has 0 amide bonds. The Bertz CT molecular complexity index is 944. The van der Waals surface area contributed by atoms with Crippen LogP contribution in [0.5, 0.6) is 0 Å². The van der Waals surface area contributed by atoms with Crippen LogP contribution >= 0.6 is 0 Å². The van der Waals surface area contributed by atoms with Gasteiger partial charge in [-0.15, -0.1) is 0 Å². The summed E-state index contributed by atoms with van der Waals surface area (Å²) in [6, 6.07) is 9.60. The fraction of sp³-hybridized carbons (Fsp3) is 0.222. The second kappa shape index (κ2) is 7.09. The zero-order valence-electron chi connectivity index (χ0n) is 13.5. The van der Waals surface area contributed by atoms with Crippen LogP contribution in [0.3, 0.4) is 0 Å². The zero-order chi connectivity index (χ0) is 17.8. The zero-order valence-corrected chi connectivity index (χ0v) is 13.5. The van der Waals surface area contributed by atoms with Gasteiger partial charge < -0.3 is 9.30 Å². The van der Waals surface area contributed by atoms with Gasteiger partial charge in [-0.1, -0.05) is 12.1 Å². The summed E-state index contributed by atoms with van der Waals surface area (Å²) >= 11 is 0. The fourth-order valence-corrected chi connectivity index (χ4v) is 2.43. The van der Waals surface area contributed by atoms with Gasteiger partial charge in [-0.05, 0) is 30.2 Å². The summed E-state index contributed by atoms with van der Waals surface area (Å²) < 4.78 is 19.9. The summed E-state index contributed by atoms with van der Waals surface area (Å²) in [5, 5.41) is 9.23. The molecule has 126 valence electrons. The summed E-state index contributed by atoms with van der Waals surface area (Å²) in [6.45, 7) is -0.0486. The van der Waals surface area contributed by atoms with Crippen LogP contribution in [0.2, 0.25) is 0 Å². The number of aryl methyl sites for hydroxylation is 1. The van der Waals surface area contributed by atoms with Gasteiger partial charge in [-0.3, -0.25) is 0 Å². The largest absolute Gasteiger partial charge is 0.461 e. The second-order valence-electron chi connectivity index (χ2n) is 5.68. The number of imidazole rings is 1. The molecule has 0 unspecified atom stereocenters. The van der Waals surface area contributed by atoms with Crippen LogP contribution in [0.1, 0.15) is 15.9 Å². The molecule has 0 spiro atoms. The normalized spacial score (nSPS) is 11.9. The molecular weight excluding hydrogens is 323 g/mol. The highest BCUT2D eigenvalue weighted by Crippen LogP contribution is 2.14. The van der Waals surface area contributed by atoms with Crippen LogP contribution in [0.4, 0.5) is 4.39 Å². The Morgan fingerprint density at radius 2 is 2.12 bits per heavy atom. The highest BCUT2D eigenvalue weighted by molar-refractivity contribution is 5.92. The molecule has 0 saturated carbocycles. The maximum Gasteiger partial charge on any atom is 0.339 e. The average Bonchev–Trinajstić information content (AvgIpc) is 3.00. The van der Waals surface area contributed by atoms with E-state index in [1.54, 1.807) is 29.1 Å². The first-order chi connectivity index (χ1) is 12.1. The molecule has 0 aliphatic rings. The molecule has 1 aromatic carbocycles. The van der Waals surface area contributed by atoms with Crippen molar-refractivity contribution in [1.29, 1.82) is 5.26 Å². The van der Waals surface area contributed by atoms with Crippen molar-refractivity contribution in [2.75, 3.05) is 6.61 Å². The molecule has 0 aliphatic carbocycles. The summed E-state index contributed by atoms with van der Waals surface area (Å²) in [5.41, 5.74) is 2.35. The van der Waals surface area contributed by atoms with E-state index in [0.29, 0.717) is 17.6 Å². The van der Waals surface area contributed by atoms with E-state index in [2.05, 4.69) is 16.0 Å². The van der Waals surface area contributed by atoms with E-state index in [0.717, 1.165) is 5.56 Å². The minimum Gasteiger partial charge on any atom is -0.461 e. The maximum atomic E-state index is 12.9. The van der Waals surface area contributed by atoms with E-state index in [1.165, 1.54) is 18.3 Å². The highest BCUT2D eigenvalue weighted by atomic mass is 19.1. The van der Waals surface area contributed by atoms with Crippen molar-refractivity contribution in [2.24, 2.45) is 13.0 Å². The number of carbonyl (C=O) groups is 1. The summed E-state index contributed by atoms with van der Waals surface area (Å²) in [6.07, 6.45) is 3.41. The number of hydrogen-bond donors (Lipinski definition) is 0. The summed E-state index contributed by atoms with van der Waals surface area (Å²) in [5.74, 6) is -1.40. The van der Waals surface area contributed by atoms with Crippen LogP contribution in [0.25, 0.3) is 11.2 Å². The third-order valence-electron chi connectivity index (χ3n) is 3.78. The quantitative estimate of drug-likeness (QED) is 0.668. The molecule has 0 fully saturated rings. The van der Waals surface area contributed by atoms with E-state index < -0.39 is 11.9 Å². The number of esters is 1. The van der Waals surface area contributed by atoms with Crippen molar-refractivity contribution in [1.82, 2.24) is 14.5 Å². The van der Waals surface area contributed by atoms with Gasteiger partial charge in [0.25, 0.3) is 0 Å². The molecule has 0 bridgehead atoms. The van der Waals surface area contributed by atoms with Gasteiger partial charge in [0.15, 0.2) is 5.65 Å².